The van der Waals surface area contributed by atoms with Gasteiger partial charge in [-0.2, -0.15) is 4.98 Å². The number of nitrogens with zero attached hydrogens (tertiary/aromatic N) is 4. The van der Waals surface area contributed by atoms with Crippen LogP contribution in [0.3, 0.4) is 0 Å². The van der Waals surface area contributed by atoms with Crippen LogP contribution in [-0.4, -0.2) is 37.7 Å². The fourth-order valence-electron chi connectivity index (χ4n) is 3.59. The van der Waals surface area contributed by atoms with Gasteiger partial charge in [0, 0.05) is 22.6 Å². The smallest absolute Gasteiger partial charge is 0.253 e. The quantitative estimate of drug-likeness (QED) is 0.410. The monoisotopic (exact) mass is 460 g/mol. The first-order valence-corrected chi connectivity index (χ1v) is 11.7. The van der Waals surface area contributed by atoms with E-state index in [2.05, 4.69) is 25.7 Å². The van der Waals surface area contributed by atoms with Gasteiger partial charge >= 0.3 is 0 Å². The summed E-state index contributed by atoms with van der Waals surface area (Å²) in [5.41, 5.74) is 3.62. The normalized spacial score (nSPS) is 11.8. The Morgan fingerprint density at radius 1 is 1.00 bits per heavy atom. The molecule has 1 atom stereocenters. The number of carbonyl (C=O) groups is 2. The predicted octanol–water partition coefficient (Wildman–Crippen LogP) is 3.50. The fraction of sp³-hybridized carbons (Fsp3) is 0.208. The van der Waals surface area contributed by atoms with E-state index >= 15 is 0 Å². The van der Waals surface area contributed by atoms with Gasteiger partial charge in [-0.25, -0.2) is 9.50 Å². The van der Waals surface area contributed by atoms with Crippen molar-refractivity contribution in [2.45, 2.75) is 31.5 Å². The standard InChI is InChI=1S/C24H24N6O2S/c1-15-19(16(2)30-23(25-15)28-24(29-30)33-3)14-20(31)27-21(17-10-6-4-7-11-17)22(32)26-18-12-8-5-9-13-18/h4-13,21H,14H2,1-3H3,(H,26,32)(H,27,31). The number of nitrogens with one attached hydrogen (secondary N) is 2. The van der Waals surface area contributed by atoms with E-state index in [1.807, 2.05) is 68.6 Å². The summed E-state index contributed by atoms with van der Waals surface area (Å²) in [6.07, 6.45) is 1.96. The van der Waals surface area contributed by atoms with Crippen molar-refractivity contribution in [1.82, 2.24) is 24.9 Å². The Balaban J connectivity index is 1.58. The van der Waals surface area contributed by atoms with Crippen LogP contribution in [-0.2, 0) is 16.0 Å². The van der Waals surface area contributed by atoms with Gasteiger partial charge in [0.05, 0.1) is 6.42 Å². The number of amides is 2. The van der Waals surface area contributed by atoms with E-state index in [0.717, 1.165) is 11.3 Å². The first-order chi connectivity index (χ1) is 16.0. The van der Waals surface area contributed by atoms with E-state index in [9.17, 15) is 9.59 Å². The number of para-hydroxylation sites is 1. The molecule has 0 fully saturated rings. The lowest BCUT2D eigenvalue weighted by Gasteiger charge is -2.19. The molecule has 168 valence electrons. The fourth-order valence-corrected chi connectivity index (χ4v) is 3.92. The zero-order chi connectivity index (χ0) is 23.4. The molecular formula is C24H24N6O2S. The van der Waals surface area contributed by atoms with Crippen molar-refractivity contribution < 1.29 is 9.59 Å². The summed E-state index contributed by atoms with van der Waals surface area (Å²) >= 11 is 1.43. The molecule has 0 saturated heterocycles. The van der Waals surface area contributed by atoms with Crippen LogP contribution in [0.4, 0.5) is 5.69 Å². The number of hydrogen-bond donors (Lipinski definition) is 2. The minimum Gasteiger partial charge on any atom is -0.340 e. The Hall–Kier alpha value is -3.72. The molecule has 2 aromatic carbocycles. The van der Waals surface area contributed by atoms with Gasteiger partial charge in [0.25, 0.3) is 11.7 Å². The molecule has 2 amide bonds. The number of anilines is 1. The van der Waals surface area contributed by atoms with E-state index in [4.69, 9.17) is 0 Å². The SMILES string of the molecule is CSc1nc2nc(C)c(CC(=O)NC(C(=O)Nc3ccccc3)c3ccccc3)c(C)n2n1. The van der Waals surface area contributed by atoms with Crippen LogP contribution in [0, 0.1) is 13.8 Å². The Bertz CT molecular complexity index is 1290. The molecule has 2 aromatic heterocycles. The Kier molecular flexibility index (Phi) is 6.69. The van der Waals surface area contributed by atoms with Crippen molar-refractivity contribution in [3.8, 4) is 0 Å². The van der Waals surface area contributed by atoms with Crippen molar-refractivity contribution in [3.05, 3.63) is 83.2 Å². The highest BCUT2D eigenvalue weighted by atomic mass is 32.2. The molecule has 0 aliphatic rings. The van der Waals surface area contributed by atoms with Crippen molar-refractivity contribution in [3.63, 3.8) is 0 Å². The van der Waals surface area contributed by atoms with Gasteiger partial charge in [-0.1, -0.05) is 60.3 Å². The Labute approximate surface area is 195 Å². The molecule has 0 spiro atoms. The molecule has 0 radical (unpaired) electrons. The number of carbonyl (C=O) groups excluding carboxylic acids is 2. The van der Waals surface area contributed by atoms with Crippen LogP contribution >= 0.6 is 11.8 Å². The van der Waals surface area contributed by atoms with Crippen LogP contribution < -0.4 is 10.6 Å². The van der Waals surface area contributed by atoms with Gasteiger partial charge in [0.15, 0.2) is 0 Å². The minimum atomic E-state index is -0.842. The lowest BCUT2D eigenvalue weighted by Crippen LogP contribution is -2.38. The van der Waals surface area contributed by atoms with Crippen LogP contribution in [0.2, 0.25) is 0 Å². The van der Waals surface area contributed by atoms with Crippen LogP contribution in [0.25, 0.3) is 5.78 Å². The number of fused-ring (bicyclic) bond motifs is 1. The van der Waals surface area contributed by atoms with E-state index in [1.54, 1.807) is 16.6 Å². The van der Waals surface area contributed by atoms with Gasteiger partial charge in [0.1, 0.15) is 6.04 Å². The molecule has 0 aliphatic carbocycles. The zero-order valence-electron chi connectivity index (χ0n) is 18.6. The maximum atomic E-state index is 13.1. The number of thioether (sulfide) groups is 1. The lowest BCUT2D eigenvalue weighted by atomic mass is 10.0. The first kappa shape index (κ1) is 22.5. The predicted molar refractivity (Wildman–Crippen MR) is 128 cm³/mol. The summed E-state index contributed by atoms with van der Waals surface area (Å²) in [6.45, 7) is 3.74. The van der Waals surface area contributed by atoms with Crippen molar-refractivity contribution in [1.29, 1.82) is 0 Å². The van der Waals surface area contributed by atoms with E-state index in [0.29, 0.717) is 27.9 Å². The molecule has 0 bridgehead atoms. The highest BCUT2D eigenvalue weighted by Crippen LogP contribution is 2.19. The molecule has 2 N–H and O–H groups in total. The number of hydrogen-bond acceptors (Lipinski definition) is 6. The topological polar surface area (TPSA) is 101 Å². The van der Waals surface area contributed by atoms with Gasteiger partial charge < -0.3 is 10.6 Å². The second-order valence-corrected chi connectivity index (χ2v) is 8.29. The summed E-state index contributed by atoms with van der Waals surface area (Å²) in [4.78, 5) is 35.0. The highest BCUT2D eigenvalue weighted by Gasteiger charge is 2.24. The third-order valence-electron chi connectivity index (χ3n) is 5.29. The van der Waals surface area contributed by atoms with E-state index < -0.39 is 6.04 Å². The van der Waals surface area contributed by atoms with Gasteiger partial charge in [-0.3, -0.25) is 9.59 Å². The number of benzene rings is 2. The average molecular weight is 461 g/mol. The summed E-state index contributed by atoms with van der Waals surface area (Å²) in [5, 5.41) is 10.8. The zero-order valence-corrected chi connectivity index (χ0v) is 19.4. The number of aromatic nitrogens is 4. The second-order valence-electron chi connectivity index (χ2n) is 7.51. The first-order valence-electron chi connectivity index (χ1n) is 10.4. The minimum absolute atomic E-state index is 0.0665. The maximum Gasteiger partial charge on any atom is 0.253 e. The Morgan fingerprint density at radius 2 is 1.67 bits per heavy atom. The summed E-state index contributed by atoms with van der Waals surface area (Å²) in [7, 11) is 0. The molecule has 4 rings (SSSR count). The molecule has 8 nitrogen and oxygen atoms in total. The third-order valence-corrected chi connectivity index (χ3v) is 5.83. The molecular weight excluding hydrogens is 436 g/mol. The molecule has 2 heterocycles. The van der Waals surface area contributed by atoms with E-state index in [-0.39, 0.29) is 18.2 Å². The van der Waals surface area contributed by atoms with Crippen molar-refractivity contribution in [2.75, 3.05) is 11.6 Å². The average Bonchev–Trinajstić information content (AvgIpc) is 3.24. The van der Waals surface area contributed by atoms with Crippen molar-refractivity contribution >= 4 is 35.0 Å². The summed E-state index contributed by atoms with van der Waals surface area (Å²) < 4.78 is 1.65. The van der Waals surface area contributed by atoms with Gasteiger partial charge in [0.2, 0.25) is 11.1 Å². The Morgan fingerprint density at radius 3 is 2.33 bits per heavy atom. The molecule has 33 heavy (non-hydrogen) atoms. The van der Waals surface area contributed by atoms with Gasteiger partial charge in [-0.15, -0.1) is 5.10 Å². The maximum absolute atomic E-state index is 13.1. The molecule has 1 unspecified atom stereocenters. The van der Waals surface area contributed by atoms with Crippen LogP contribution in [0.1, 0.15) is 28.6 Å². The van der Waals surface area contributed by atoms with Crippen LogP contribution in [0.5, 0.6) is 0 Å². The second kappa shape index (κ2) is 9.83. The molecule has 0 saturated carbocycles. The highest BCUT2D eigenvalue weighted by molar-refractivity contribution is 7.98. The molecule has 0 aliphatic heterocycles. The van der Waals surface area contributed by atoms with Crippen molar-refractivity contribution in [2.24, 2.45) is 0 Å². The molecule has 9 heteroatoms. The van der Waals surface area contributed by atoms with E-state index in [1.165, 1.54) is 11.8 Å². The largest absolute Gasteiger partial charge is 0.340 e. The summed E-state index contributed by atoms with van der Waals surface area (Å²) in [5.74, 6) is -0.101. The molecule has 4 aromatic rings. The number of rotatable bonds is 7. The lowest BCUT2D eigenvalue weighted by molar-refractivity contribution is -0.126. The van der Waals surface area contributed by atoms with Crippen LogP contribution in [0.15, 0.2) is 65.8 Å². The summed E-state index contributed by atoms with van der Waals surface area (Å²) in [6, 6.07) is 17.5. The third kappa shape index (κ3) is 5.04. The van der Waals surface area contributed by atoms with Gasteiger partial charge in [-0.05, 0) is 37.8 Å². The number of aryl methyl sites for hydroxylation is 2.